The lowest BCUT2D eigenvalue weighted by Gasteiger charge is -2.15. The fourth-order valence-electron chi connectivity index (χ4n) is 2.15. The van der Waals surface area contributed by atoms with Crippen LogP contribution in [0.2, 0.25) is 0 Å². The predicted octanol–water partition coefficient (Wildman–Crippen LogP) is 1.17. The Morgan fingerprint density at radius 3 is 2.94 bits per heavy atom. The van der Waals surface area contributed by atoms with Gasteiger partial charge < -0.3 is 10.0 Å². The molecule has 7 heteroatoms. The summed E-state index contributed by atoms with van der Waals surface area (Å²) < 4.78 is 3.76. The summed E-state index contributed by atoms with van der Waals surface area (Å²) in [7, 11) is 0. The molecule has 1 unspecified atom stereocenters. The van der Waals surface area contributed by atoms with E-state index in [1.807, 2.05) is 0 Å². The Kier molecular flexibility index (Phi) is 3.90. The number of likely N-dealkylation sites (tertiary alicyclic amines) is 1. The van der Waals surface area contributed by atoms with Crippen LogP contribution in [0.4, 0.5) is 0 Å². The van der Waals surface area contributed by atoms with Gasteiger partial charge in [0.15, 0.2) is 0 Å². The normalized spacial score (nSPS) is 19.2. The molecule has 1 aromatic rings. The van der Waals surface area contributed by atoms with E-state index in [1.54, 1.807) is 11.8 Å². The van der Waals surface area contributed by atoms with Gasteiger partial charge in [-0.1, -0.05) is 4.49 Å². The van der Waals surface area contributed by atoms with Gasteiger partial charge in [0.05, 0.1) is 5.69 Å². The maximum Gasteiger partial charge on any atom is 0.303 e. The number of carbonyl (C=O) groups is 2. The van der Waals surface area contributed by atoms with Crippen molar-refractivity contribution in [3.05, 3.63) is 10.6 Å². The van der Waals surface area contributed by atoms with E-state index >= 15 is 0 Å². The highest BCUT2D eigenvalue weighted by atomic mass is 32.1. The number of hydrogen-bond donors (Lipinski definition) is 1. The Morgan fingerprint density at radius 2 is 2.33 bits per heavy atom. The third-order valence-electron chi connectivity index (χ3n) is 3.19. The van der Waals surface area contributed by atoms with Crippen molar-refractivity contribution in [3.63, 3.8) is 0 Å². The van der Waals surface area contributed by atoms with Crippen LogP contribution in [-0.2, 0) is 4.79 Å². The van der Waals surface area contributed by atoms with Crippen LogP contribution in [0.15, 0.2) is 0 Å². The summed E-state index contributed by atoms with van der Waals surface area (Å²) in [5.74, 6) is -0.506. The smallest absolute Gasteiger partial charge is 0.303 e. The van der Waals surface area contributed by atoms with Crippen LogP contribution in [0, 0.1) is 12.8 Å². The van der Waals surface area contributed by atoms with Crippen molar-refractivity contribution >= 4 is 23.4 Å². The summed E-state index contributed by atoms with van der Waals surface area (Å²) in [4.78, 5) is 25.0. The number of nitrogens with zero attached hydrogens (tertiary/aromatic N) is 3. The third-order valence-corrected chi connectivity index (χ3v) is 4.00. The van der Waals surface area contributed by atoms with Crippen LogP contribution in [0.3, 0.4) is 0 Å². The van der Waals surface area contributed by atoms with Gasteiger partial charge in [0.2, 0.25) is 0 Å². The number of carbonyl (C=O) groups excluding carboxylic acids is 1. The monoisotopic (exact) mass is 269 g/mol. The number of rotatable bonds is 4. The first kappa shape index (κ1) is 12.9. The lowest BCUT2D eigenvalue weighted by Crippen LogP contribution is -2.28. The van der Waals surface area contributed by atoms with Crippen molar-refractivity contribution < 1.29 is 14.7 Å². The fourth-order valence-corrected chi connectivity index (χ4v) is 2.78. The molecule has 1 atom stereocenters. The van der Waals surface area contributed by atoms with Crippen molar-refractivity contribution in [2.24, 2.45) is 5.92 Å². The summed E-state index contributed by atoms with van der Waals surface area (Å²) in [6.07, 6.45) is 1.69. The van der Waals surface area contributed by atoms with E-state index in [2.05, 4.69) is 9.59 Å². The van der Waals surface area contributed by atoms with Gasteiger partial charge in [0.1, 0.15) is 4.88 Å². The number of hydrogen-bond acceptors (Lipinski definition) is 5. The molecule has 0 bridgehead atoms. The zero-order valence-corrected chi connectivity index (χ0v) is 10.9. The first-order valence-corrected chi connectivity index (χ1v) is 6.65. The van der Waals surface area contributed by atoms with Crippen molar-refractivity contribution in [2.75, 3.05) is 13.1 Å². The van der Waals surface area contributed by atoms with Crippen molar-refractivity contribution in [2.45, 2.75) is 26.2 Å². The van der Waals surface area contributed by atoms with Gasteiger partial charge in [-0.25, -0.2) is 0 Å². The van der Waals surface area contributed by atoms with Gasteiger partial charge in [-0.3, -0.25) is 9.59 Å². The number of aromatic nitrogens is 2. The molecule has 1 fully saturated rings. The summed E-state index contributed by atoms with van der Waals surface area (Å²) >= 11 is 1.12. The lowest BCUT2D eigenvalue weighted by atomic mass is 10.0. The van der Waals surface area contributed by atoms with E-state index in [-0.39, 0.29) is 12.3 Å². The van der Waals surface area contributed by atoms with Gasteiger partial charge >= 0.3 is 5.97 Å². The number of aryl methyl sites for hydroxylation is 1. The molecule has 0 aliphatic carbocycles. The molecule has 0 saturated carbocycles. The molecule has 1 aromatic heterocycles. The minimum absolute atomic E-state index is 0.0275. The van der Waals surface area contributed by atoms with Gasteiger partial charge in [0.25, 0.3) is 5.91 Å². The topological polar surface area (TPSA) is 83.4 Å². The second-order valence-electron chi connectivity index (χ2n) is 4.53. The van der Waals surface area contributed by atoms with E-state index < -0.39 is 5.97 Å². The van der Waals surface area contributed by atoms with Gasteiger partial charge in [0, 0.05) is 19.5 Å². The number of aliphatic carboxylic acids is 1. The molecule has 1 aliphatic rings. The van der Waals surface area contributed by atoms with E-state index in [0.29, 0.717) is 36.0 Å². The molecule has 2 heterocycles. The molecule has 0 spiro atoms. The predicted molar refractivity (Wildman–Crippen MR) is 65.5 cm³/mol. The Hall–Kier alpha value is -1.50. The molecule has 1 saturated heterocycles. The highest BCUT2D eigenvalue weighted by Crippen LogP contribution is 2.24. The summed E-state index contributed by atoms with van der Waals surface area (Å²) in [5.41, 5.74) is 0.666. The van der Waals surface area contributed by atoms with E-state index in [0.717, 1.165) is 18.0 Å². The Bertz CT molecular complexity index is 460. The number of amides is 1. The van der Waals surface area contributed by atoms with Crippen molar-refractivity contribution in [1.82, 2.24) is 14.5 Å². The highest BCUT2D eigenvalue weighted by Gasteiger charge is 2.29. The Morgan fingerprint density at radius 1 is 1.56 bits per heavy atom. The molecule has 0 radical (unpaired) electrons. The van der Waals surface area contributed by atoms with Crippen molar-refractivity contribution in [1.29, 1.82) is 0 Å². The highest BCUT2D eigenvalue weighted by molar-refractivity contribution is 7.07. The molecule has 1 aliphatic heterocycles. The third kappa shape index (κ3) is 2.84. The Balaban J connectivity index is 1.91. The largest absolute Gasteiger partial charge is 0.481 e. The van der Waals surface area contributed by atoms with Gasteiger partial charge in [-0.2, -0.15) is 0 Å². The second kappa shape index (κ2) is 5.43. The molecule has 0 aromatic carbocycles. The molecular weight excluding hydrogens is 254 g/mol. The maximum atomic E-state index is 12.2. The van der Waals surface area contributed by atoms with E-state index in [9.17, 15) is 9.59 Å². The number of carboxylic acid groups (broad SMARTS) is 1. The zero-order valence-electron chi connectivity index (χ0n) is 10.1. The summed E-state index contributed by atoms with van der Waals surface area (Å²) in [5, 5.41) is 12.5. The maximum absolute atomic E-state index is 12.2. The SMILES string of the molecule is Cc1nnsc1C(=O)N1CCC(CCC(=O)O)C1. The Labute approximate surface area is 109 Å². The number of carboxylic acids is 1. The van der Waals surface area contributed by atoms with Crippen LogP contribution in [0.5, 0.6) is 0 Å². The minimum atomic E-state index is -0.776. The van der Waals surface area contributed by atoms with Gasteiger partial charge in [-0.15, -0.1) is 5.10 Å². The molecule has 1 amide bonds. The summed E-state index contributed by atoms with van der Waals surface area (Å²) in [6, 6.07) is 0. The fraction of sp³-hybridized carbons (Fsp3) is 0.636. The molecule has 1 N–H and O–H groups in total. The average molecular weight is 269 g/mol. The van der Waals surface area contributed by atoms with Crippen molar-refractivity contribution in [3.8, 4) is 0 Å². The molecule has 18 heavy (non-hydrogen) atoms. The first-order valence-electron chi connectivity index (χ1n) is 5.88. The molecule has 98 valence electrons. The van der Waals surface area contributed by atoms with Crippen LogP contribution in [-0.4, -0.2) is 44.6 Å². The van der Waals surface area contributed by atoms with Crippen LogP contribution in [0.1, 0.15) is 34.6 Å². The van der Waals surface area contributed by atoms with Crippen LogP contribution < -0.4 is 0 Å². The molecule has 2 rings (SSSR count). The quantitative estimate of drug-likeness (QED) is 0.887. The zero-order chi connectivity index (χ0) is 13.1. The second-order valence-corrected chi connectivity index (χ2v) is 5.28. The molecular formula is C11H15N3O3S. The van der Waals surface area contributed by atoms with Crippen LogP contribution in [0.25, 0.3) is 0 Å². The lowest BCUT2D eigenvalue weighted by molar-refractivity contribution is -0.137. The van der Waals surface area contributed by atoms with E-state index in [1.165, 1.54) is 0 Å². The standard InChI is InChI=1S/C11H15N3O3S/c1-7-10(18-13-12-7)11(17)14-5-4-8(6-14)2-3-9(15)16/h8H,2-6H2,1H3,(H,15,16). The van der Waals surface area contributed by atoms with Crippen LogP contribution >= 0.6 is 11.5 Å². The summed E-state index contributed by atoms with van der Waals surface area (Å²) in [6.45, 7) is 3.11. The average Bonchev–Trinajstić information content (AvgIpc) is 2.94. The first-order chi connectivity index (χ1) is 8.58. The molecule has 6 nitrogen and oxygen atoms in total. The van der Waals surface area contributed by atoms with Gasteiger partial charge in [-0.05, 0) is 37.2 Å². The van der Waals surface area contributed by atoms with E-state index in [4.69, 9.17) is 5.11 Å². The minimum Gasteiger partial charge on any atom is -0.481 e.